The van der Waals surface area contributed by atoms with Gasteiger partial charge in [-0.15, -0.1) is 0 Å². The summed E-state index contributed by atoms with van der Waals surface area (Å²) < 4.78 is 5.75. The van der Waals surface area contributed by atoms with E-state index in [0.29, 0.717) is 29.2 Å². The molecule has 2 aromatic rings. The third-order valence-corrected chi connectivity index (χ3v) is 5.19. The fourth-order valence-electron chi connectivity index (χ4n) is 3.80. The van der Waals surface area contributed by atoms with E-state index < -0.39 is 0 Å². The molecular weight excluding hydrogens is 340 g/mol. The van der Waals surface area contributed by atoms with Crippen molar-refractivity contribution in [3.8, 4) is 17.6 Å². The van der Waals surface area contributed by atoms with Crippen LogP contribution in [-0.4, -0.2) is 11.8 Å². The summed E-state index contributed by atoms with van der Waals surface area (Å²) in [6.07, 6.45) is 4.63. The molecule has 0 bridgehead atoms. The van der Waals surface area contributed by atoms with Gasteiger partial charge in [0.05, 0.1) is 29.2 Å². The number of nitrogens with zero attached hydrogens (tertiary/aromatic N) is 2. The summed E-state index contributed by atoms with van der Waals surface area (Å²) in [5.74, 6) is 0.508. The normalized spacial score (nSPS) is 23.9. The maximum absolute atomic E-state index is 12.8. The van der Waals surface area contributed by atoms with Gasteiger partial charge in [-0.1, -0.05) is 19.1 Å². The quantitative estimate of drug-likeness (QED) is 0.613. The molecule has 2 amide bonds. The number of imide groups is 1. The van der Waals surface area contributed by atoms with Crippen LogP contribution in [0.3, 0.4) is 0 Å². The second kappa shape index (κ2) is 6.73. The average molecular weight is 358 g/mol. The predicted molar refractivity (Wildman–Crippen MR) is 100 cm³/mol. The maximum Gasteiger partial charge on any atom is 0.238 e. The molecule has 3 atom stereocenters. The number of amides is 2. The lowest BCUT2D eigenvalue weighted by atomic mass is 9.78. The second-order valence-electron chi connectivity index (χ2n) is 6.90. The SMILES string of the molecule is C[C@@H]1C=CC[C@@H]2C(=O)N(c3ccc(Oc4ccc(C#N)cc4)cc3)C(=O)[C@H]12. The van der Waals surface area contributed by atoms with Crippen LogP contribution < -0.4 is 9.64 Å². The van der Waals surface area contributed by atoms with Gasteiger partial charge in [-0.25, -0.2) is 0 Å². The zero-order valence-electron chi connectivity index (χ0n) is 14.8. The first kappa shape index (κ1) is 17.0. The Morgan fingerprint density at radius 1 is 1.00 bits per heavy atom. The van der Waals surface area contributed by atoms with Gasteiger partial charge in [0, 0.05) is 0 Å². The third-order valence-electron chi connectivity index (χ3n) is 5.19. The highest BCUT2D eigenvalue weighted by atomic mass is 16.5. The van der Waals surface area contributed by atoms with Crippen molar-refractivity contribution in [2.75, 3.05) is 4.90 Å². The molecule has 1 aliphatic carbocycles. The van der Waals surface area contributed by atoms with Crippen molar-refractivity contribution in [3.05, 3.63) is 66.2 Å². The number of hydrogen-bond acceptors (Lipinski definition) is 4. The summed E-state index contributed by atoms with van der Waals surface area (Å²) in [4.78, 5) is 26.9. The lowest BCUT2D eigenvalue weighted by Gasteiger charge is -2.22. The van der Waals surface area contributed by atoms with E-state index in [2.05, 4.69) is 6.07 Å². The molecule has 27 heavy (non-hydrogen) atoms. The van der Waals surface area contributed by atoms with E-state index in [1.807, 2.05) is 19.1 Å². The maximum atomic E-state index is 12.8. The minimum Gasteiger partial charge on any atom is -0.457 e. The fraction of sp³-hybridized carbons (Fsp3) is 0.227. The van der Waals surface area contributed by atoms with Crippen LogP contribution in [0.15, 0.2) is 60.7 Å². The van der Waals surface area contributed by atoms with Crippen LogP contribution >= 0.6 is 0 Å². The molecule has 0 aromatic heterocycles. The largest absolute Gasteiger partial charge is 0.457 e. The molecule has 5 heteroatoms. The number of nitriles is 1. The molecule has 1 aliphatic heterocycles. The van der Waals surface area contributed by atoms with E-state index in [0.717, 1.165) is 0 Å². The number of allylic oxidation sites excluding steroid dienone is 2. The summed E-state index contributed by atoms with van der Waals surface area (Å²) in [5.41, 5.74) is 1.13. The molecule has 5 nitrogen and oxygen atoms in total. The number of rotatable bonds is 3. The van der Waals surface area contributed by atoms with Gasteiger partial charge in [0.2, 0.25) is 11.8 Å². The predicted octanol–water partition coefficient (Wildman–Crippen LogP) is 4.05. The van der Waals surface area contributed by atoms with Gasteiger partial charge < -0.3 is 4.74 Å². The standard InChI is InChI=1S/C22H18N2O3/c1-14-3-2-4-19-20(14)22(26)24(21(19)25)16-7-11-18(12-8-16)27-17-9-5-15(13-23)6-10-17/h2-3,5-12,14,19-20H,4H2,1H3/t14-,19+,20-/m1/s1. The Hall–Kier alpha value is -3.39. The molecular formula is C22H18N2O3. The Labute approximate surface area is 157 Å². The Bertz CT molecular complexity index is 955. The van der Waals surface area contributed by atoms with E-state index in [-0.39, 0.29) is 29.6 Å². The monoisotopic (exact) mass is 358 g/mol. The molecule has 1 fully saturated rings. The zero-order chi connectivity index (χ0) is 19.0. The zero-order valence-corrected chi connectivity index (χ0v) is 14.8. The number of ether oxygens (including phenoxy) is 1. The average Bonchev–Trinajstić information content (AvgIpc) is 2.95. The molecule has 0 saturated carbocycles. The van der Waals surface area contributed by atoms with Gasteiger partial charge in [0.25, 0.3) is 0 Å². The Kier molecular flexibility index (Phi) is 4.25. The van der Waals surface area contributed by atoms with Gasteiger partial charge in [-0.2, -0.15) is 5.26 Å². The van der Waals surface area contributed by atoms with E-state index in [4.69, 9.17) is 10.00 Å². The number of carbonyl (C=O) groups is 2. The first-order chi connectivity index (χ1) is 13.1. The van der Waals surface area contributed by atoms with Crippen LogP contribution in [0, 0.1) is 29.1 Å². The van der Waals surface area contributed by atoms with Crippen molar-refractivity contribution in [2.45, 2.75) is 13.3 Å². The highest BCUT2D eigenvalue weighted by Crippen LogP contribution is 2.40. The Morgan fingerprint density at radius 2 is 1.63 bits per heavy atom. The van der Waals surface area contributed by atoms with Crippen LogP contribution in [0.5, 0.6) is 11.5 Å². The highest BCUT2D eigenvalue weighted by molar-refractivity contribution is 6.22. The first-order valence-electron chi connectivity index (χ1n) is 8.91. The van der Waals surface area contributed by atoms with Crippen LogP contribution in [-0.2, 0) is 9.59 Å². The number of fused-ring (bicyclic) bond motifs is 1. The van der Waals surface area contributed by atoms with Gasteiger partial charge in [0.15, 0.2) is 0 Å². The molecule has 0 N–H and O–H groups in total. The lowest BCUT2D eigenvalue weighted by molar-refractivity contribution is -0.122. The number of anilines is 1. The van der Waals surface area contributed by atoms with Gasteiger partial charge in [-0.05, 0) is 60.9 Å². The smallest absolute Gasteiger partial charge is 0.238 e. The minimum absolute atomic E-state index is 0.0733. The summed E-state index contributed by atoms with van der Waals surface area (Å²) in [5, 5.41) is 8.83. The Balaban J connectivity index is 1.53. The van der Waals surface area contributed by atoms with Gasteiger partial charge in [0.1, 0.15) is 11.5 Å². The van der Waals surface area contributed by atoms with Crippen molar-refractivity contribution in [3.63, 3.8) is 0 Å². The molecule has 0 spiro atoms. The van der Waals surface area contributed by atoms with Crippen LogP contribution in [0.25, 0.3) is 0 Å². The van der Waals surface area contributed by atoms with Crippen molar-refractivity contribution < 1.29 is 14.3 Å². The first-order valence-corrected chi connectivity index (χ1v) is 8.91. The van der Waals surface area contributed by atoms with Crippen molar-refractivity contribution in [1.82, 2.24) is 0 Å². The molecule has 0 unspecified atom stereocenters. The van der Waals surface area contributed by atoms with Crippen LogP contribution in [0.2, 0.25) is 0 Å². The summed E-state index contributed by atoms with van der Waals surface area (Å²) in [6.45, 7) is 1.98. The highest BCUT2D eigenvalue weighted by Gasteiger charge is 2.50. The summed E-state index contributed by atoms with van der Waals surface area (Å²) in [7, 11) is 0. The number of benzene rings is 2. The van der Waals surface area contributed by atoms with Gasteiger partial charge >= 0.3 is 0 Å². The second-order valence-corrected chi connectivity index (χ2v) is 6.90. The molecule has 4 rings (SSSR count). The van der Waals surface area contributed by atoms with Crippen molar-refractivity contribution >= 4 is 17.5 Å². The molecule has 134 valence electrons. The Morgan fingerprint density at radius 3 is 2.22 bits per heavy atom. The molecule has 1 saturated heterocycles. The van der Waals surface area contributed by atoms with Crippen LogP contribution in [0.1, 0.15) is 18.9 Å². The van der Waals surface area contributed by atoms with Crippen molar-refractivity contribution in [2.24, 2.45) is 17.8 Å². The summed E-state index contributed by atoms with van der Waals surface area (Å²) >= 11 is 0. The molecule has 1 heterocycles. The van der Waals surface area contributed by atoms with Gasteiger partial charge in [-0.3, -0.25) is 14.5 Å². The topological polar surface area (TPSA) is 70.4 Å². The molecule has 0 radical (unpaired) electrons. The number of carbonyl (C=O) groups excluding carboxylic acids is 2. The lowest BCUT2D eigenvalue weighted by Crippen LogP contribution is -2.31. The van der Waals surface area contributed by atoms with E-state index in [9.17, 15) is 9.59 Å². The molecule has 2 aliphatic rings. The van der Waals surface area contributed by atoms with E-state index in [1.165, 1.54) is 4.90 Å². The van der Waals surface area contributed by atoms with Crippen molar-refractivity contribution in [1.29, 1.82) is 5.26 Å². The minimum atomic E-state index is -0.267. The van der Waals surface area contributed by atoms with Crippen LogP contribution in [0.4, 0.5) is 5.69 Å². The molecule has 2 aromatic carbocycles. The van der Waals surface area contributed by atoms with E-state index in [1.54, 1.807) is 48.5 Å². The number of hydrogen-bond donors (Lipinski definition) is 0. The van der Waals surface area contributed by atoms with E-state index >= 15 is 0 Å². The summed E-state index contributed by atoms with van der Waals surface area (Å²) in [6, 6.07) is 15.8. The third kappa shape index (κ3) is 3.00. The fourth-order valence-corrected chi connectivity index (χ4v) is 3.80.